The van der Waals surface area contributed by atoms with Gasteiger partial charge in [0.1, 0.15) is 11.5 Å². The Morgan fingerprint density at radius 2 is 1.82 bits per heavy atom. The molecule has 2 aromatic rings. The maximum atomic E-state index is 12.7. The van der Waals surface area contributed by atoms with Gasteiger partial charge in [0, 0.05) is 24.0 Å². The molecule has 0 aromatic heterocycles. The quantitative estimate of drug-likeness (QED) is 0.611. The van der Waals surface area contributed by atoms with E-state index in [-0.39, 0.29) is 24.7 Å². The van der Waals surface area contributed by atoms with E-state index < -0.39 is 12.0 Å². The Kier molecular flexibility index (Phi) is 7.63. The van der Waals surface area contributed by atoms with E-state index in [1.165, 1.54) is 14.2 Å². The lowest BCUT2D eigenvalue weighted by molar-refractivity contribution is -0.137. The van der Waals surface area contributed by atoms with Crippen molar-refractivity contribution in [3.8, 4) is 11.5 Å². The molecule has 148 valence electrons. The summed E-state index contributed by atoms with van der Waals surface area (Å²) < 4.78 is 10.5. The SMILES string of the molecule is C=CC(CC(=O)NC(CC(=O)O)c1ccc(OC)cc1OC)c1ccccc1. The lowest BCUT2D eigenvalue weighted by Crippen LogP contribution is -2.31. The summed E-state index contributed by atoms with van der Waals surface area (Å²) in [6.45, 7) is 3.81. The number of ether oxygens (including phenoxy) is 2. The van der Waals surface area contributed by atoms with E-state index >= 15 is 0 Å². The molecule has 0 aliphatic rings. The zero-order chi connectivity index (χ0) is 20.5. The second-order valence-corrected chi connectivity index (χ2v) is 6.28. The summed E-state index contributed by atoms with van der Waals surface area (Å²) in [5, 5.41) is 12.1. The van der Waals surface area contributed by atoms with Crippen LogP contribution in [-0.2, 0) is 9.59 Å². The highest BCUT2D eigenvalue weighted by atomic mass is 16.5. The van der Waals surface area contributed by atoms with E-state index in [4.69, 9.17) is 9.47 Å². The average Bonchev–Trinajstić information content (AvgIpc) is 2.71. The maximum Gasteiger partial charge on any atom is 0.305 e. The van der Waals surface area contributed by atoms with Crippen molar-refractivity contribution in [2.24, 2.45) is 0 Å². The first-order valence-corrected chi connectivity index (χ1v) is 8.89. The highest BCUT2D eigenvalue weighted by Crippen LogP contribution is 2.31. The molecule has 0 saturated heterocycles. The fourth-order valence-electron chi connectivity index (χ4n) is 3.01. The Hall–Kier alpha value is -3.28. The number of hydrogen-bond donors (Lipinski definition) is 2. The lowest BCUT2D eigenvalue weighted by Gasteiger charge is -2.21. The number of carboxylic acids is 1. The molecule has 0 aliphatic carbocycles. The highest BCUT2D eigenvalue weighted by Gasteiger charge is 2.23. The number of carbonyl (C=O) groups is 2. The molecule has 0 saturated carbocycles. The first kappa shape index (κ1) is 21.0. The Morgan fingerprint density at radius 1 is 1.11 bits per heavy atom. The van der Waals surface area contributed by atoms with Gasteiger partial charge in [-0.3, -0.25) is 9.59 Å². The minimum atomic E-state index is -1.02. The second-order valence-electron chi connectivity index (χ2n) is 6.28. The van der Waals surface area contributed by atoms with Crippen LogP contribution in [0, 0.1) is 0 Å². The predicted molar refractivity (Wildman–Crippen MR) is 107 cm³/mol. The number of nitrogens with one attached hydrogen (secondary N) is 1. The van der Waals surface area contributed by atoms with Gasteiger partial charge in [-0.25, -0.2) is 0 Å². The Bertz CT molecular complexity index is 819. The molecule has 1 amide bonds. The first-order chi connectivity index (χ1) is 13.5. The van der Waals surface area contributed by atoms with Crippen molar-refractivity contribution in [2.45, 2.75) is 24.8 Å². The van der Waals surface area contributed by atoms with E-state index in [1.54, 1.807) is 24.3 Å². The number of hydrogen-bond acceptors (Lipinski definition) is 4. The summed E-state index contributed by atoms with van der Waals surface area (Å²) in [7, 11) is 3.02. The molecule has 0 heterocycles. The third-order valence-electron chi connectivity index (χ3n) is 4.45. The number of carboxylic acid groups (broad SMARTS) is 1. The molecule has 0 bridgehead atoms. The minimum Gasteiger partial charge on any atom is -0.497 e. The van der Waals surface area contributed by atoms with Gasteiger partial charge < -0.3 is 19.9 Å². The van der Waals surface area contributed by atoms with Gasteiger partial charge in [-0.2, -0.15) is 0 Å². The van der Waals surface area contributed by atoms with Crippen LogP contribution in [0.1, 0.15) is 35.9 Å². The van der Waals surface area contributed by atoms with Gasteiger partial charge in [-0.05, 0) is 17.7 Å². The molecule has 0 radical (unpaired) electrons. The molecule has 2 rings (SSSR count). The standard InChI is InChI=1S/C22H25NO5/c1-4-15(16-8-6-5-7-9-16)12-21(24)23-19(14-22(25)26)18-11-10-17(27-2)13-20(18)28-3/h4-11,13,15,19H,1,12,14H2,2-3H3,(H,23,24)(H,25,26). The minimum absolute atomic E-state index is 0.163. The van der Waals surface area contributed by atoms with Crippen molar-refractivity contribution in [1.29, 1.82) is 0 Å². The van der Waals surface area contributed by atoms with E-state index in [1.807, 2.05) is 30.3 Å². The number of methoxy groups -OCH3 is 2. The molecule has 28 heavy (non-hydrogen) atoms. The van der Waals surface area contributed by atoms with E-state index in [0.717, 1.165) is 5.56 Å². The van der Waals surface area contributed by atoms with Crippen LogP contribution in [0.15, 0.2) is 61.2 Å². The molecule has 0 fully saturated rings. The predicted octanol–water partition coefficient (Wildman–Crippen LogP) is 3.70. The maximum absolute atomic E-state index is 12.7. The van der Waals surface area contributed by atoms with E-state index in [9.17, 15) is 14.7 Å². The molecule has 2 unspecified atom stereocenters. The highest BCUT2D eigenvalue weighted by molar-refractivity contribution is 5.79. The van der Waals surface area contributed by atoms with Gasteiger partial charge in [-0.15, -0.1) is 6.58 Å². The van der Waals surface area contributed by atoms with Crippen molar-refractivity contribution >= 4 is 11.9 Å². The van der Waals surface area contributed by atoms with Crippen molar-refractivity contribution < 1.29 is 24.2 Å². The van der Waals surface area contributed by atoms with Crippen molar-refractivity contribution in [3.05, 3.63) is 72.3 Å². The summed E-state index contributed by atoms with van der Waals surface area (Å²) in [6.07, 6.45) is 1.62. The van der Waals surface area contributed by atoms with Crippen molar-refractivity contribution in [1.82, 2.24) is 5.32 Å². The van der Waals surface area contributed by atoms with Crippen LogP contribution >= 0.6 is 0 Å². The van der Waals surface area contributed by atoms with Gasteiger partial charge in [0.15, 0.2) is 0 Å². The Labute approximate surface area is 164 Å². The van der Waals surface area contributed by atoms with Crippen LogP contribution in [0.5, 0.6) is 11.5 Å². The largest absolute Gasteiger partial charge is 0.497 e. The number of amides is 1. The summed E-state index contributed by atoms with van der Waals surface area (Å²) in [5.74, 6) is -0.417. The Morgan fingerprint density at radius 3 is 2.39 bits per heavy atom. The van der Waals surface area contributed by atoms with Crippen LogP contribution in [0.2, 0.25) is 0 Å². The molecule has 0 spiro atoms. The molecule has 0 aliphatic heterocycles. The smallest absolute Gasteiger partial charge is 0.305 e. The number of aliphatic carboxylic acids is 1. The van der Waals surface area contributed by atoms with E-state index in [2.05, 4.69) is 11.9 Å². The van der Waals surface area contributed by atoms with Crippen LogP contribution in [0.4, 0.5) is 0 Å². The second kappa shape index (κ2) is 10.2. The third-order valence-corrected chi connectivity index (χ3v) is 4.45. The monoisotopic (exact) mass is 383 g/mol. The molecule has 2 aromatic carbocycles. The zero-order valence-electron chi connectivity index (χ0n) is 16.1. The number of benzene rings is 2. The van der Waals surface area contributed by atoms with Crippen LogP contribution in [0.3, 0.4) is 0 Å². The summed E-state index contributed by atoms with van der Waals surface area (Å²) in [6, 6.07) is 13.9. The van der Waals surface area contributed by atoms with Gasteiger partial charge in [-0.1, -0.05) is 36.4 Å². The van der Waals surface area contributed by atoms with Crippen LogP contribution < -0.4 is 14.8 Å². The number of allylic oxidation sites excluding steroid dienone is 1. The third kappa shape index (κ3) is 5.61. The molecule has 6 nitrogen and oxygen atoms in total. The first-order valence-electron chi connectivity index (χ1n) is 8.89. The van der Waals surface area contributed by atoms with Gasteiger partial charge in [0.2, 0.25) is 5.91 Å². The summed E-state index contributed by atoms with van der Waals surface area (Å²) in [5.41, 5.74) is 1.55. The number of carbonyl (C=O) groups excluding carboxylic acids is 1. The lowest BCUT2D eigenvalue weighted by atomic mass is 9.95. The number of rotatable bonds is 10. The summed E-state index contributed by atoms with van der Waals surface area (Å²) >= 11 is 0. The van der Waals surface area contributed by atoms with Crippen LogP contribution in [-0.4, -0.2) is 31.2 Å². The van der Waals surface area contributed by atoms with Crippen molar-refractivity contribution in [2.75, 3.05) is 14.2 Å². The summed E-state index contributed by atoms with van der Waals surface area (Å²) in [4.78, 5) is 24.0. The molecule has 2 N–H and O–H groups in total. The van der Waals surface area contributed by atoms with Crippen molar-refractivity contribution in [3.63, 3.8) is 0 Å². The molecule has 2 atom stereocenters. The zero-order valence-corrected chi connectivity index (χ0v) is 16.1. The molecule has 6 heteroatoms. The Balaban J connectivity index is 2.21. The topological polar surface area (TPSA) is 84.9 Å². The van der Waals surface area contributed by atoms with Gasteiger partial charge in [0.05, 0.1) is 26.7 Å². The van der Waals surface area contributed by atoms with Crippen LogP contribution in [0.25, 0.3) is 0 Å². The fourth-order valence-corrected chi connectivity index (χ4v) is 3.01. The normalized spacial score (nSPS) is 12.5. The van der Waals surface area contributed by atoms with Gasteiger partial charge >= 0.3 is 5.97 Å². The fraction of sp³-hybridized carbons (Fsp3) is 0.273. The molecular weight excluding hydrogens is 358 g/mol. The van der Waals surface area contributed by atoms with Gasteiger partial charge in [0.25, 0.3) is 0 Å². The van der Waals surface area contributed by atoms with E-state index in [0.29, 0.717) is 17.1 Å². The average molecular weight is 383 g/mol. The molecular formula is C22H25NO5.